The third-order valence-corrected chi connectivity index (χ3v) is 4.23. The van der Waals surface area contributed by atoms with E-state index in [1.165, 1.54) is 33.3 Å². The second-order valence-electron chi connectivity index (χ2n) is 5.81. The normalized spacial score (nSPS) is 11.3. The predicted molar refractivity (Wildman–Crippen MR) is 104 cm³/mol. The zero-order chi connectivity index (χ0) is 20.7. The van der Waals surface area contributed by atoms with Crippen molar-refractivity contribution in [2.75, 3.05) is 21.3 Å². The van der Waals surface area contributed by atoms with Gasteiger partial charge < -0.3 is 24.3 Å². The zero-order valence-corrected chi connectivity index (χ0v) is 16.8. The minimum absolute atomic E-state index is 0.150. The lowest BCUT2D eigenvalue weighted by Gasteiger charge is -2.15. The first-order valence-electron chi connectivity index (χ1n) is 8.42. The number of rotatable bonds is 8. The molecule has 0 saturated carbocycles. The van der Waals surface area contributed by atoms with E-state index in [0.29, 0.717) is 18.0 Å². The number of esters is 1. The fourth-order valence-electron chi connectivity index (χ4n) is 2.39. The molecule has 0 fully saturated rings. The smallest absolute Gasteiger partial charge is 0.339 e. The van der Waals surface area contributed by atoms with Crippen LogP contribution >= 0.6 is 11.6 Å². The molecule has 1 atom stereocenters. The maximum absolute atomic E-state index is 12.4. The maximum atomic E-state index is 12.4. The number of amides is 1. The number of nitrogens with one attached hydrogen (secondary N) is 1. The molecule has 0 aliphatic rings. The fraction of sp³-hybridized carbons (Fsp3) is 0.300. The van der Waals surface area contributed by atoms with Gasteiger partial charge in [0.05, 0.1) is 31.9 Å². The minimum Gasteiger partial charge on any atom is -0.497 e. The van der Waals surface area contributed by atoms with Crippen molar-refractivity contribution < 1.29 is 28.5 Å². The zero-order valence-electron chi connectivity index (χ0n) is 16.1. The fourth-order valence-corrected chi connectivity index (χ4v) is 2.68. The van der Waals surface area contributed by atoms with E-state index >= 15 is 0 Å². The number of carbonyl (C=O) groups is 2. The summed E-state index contributed by atoms with van der Waals surface area (Å²) in [6.45, 7) is 1.79. The van der Waals surface area contributed by atoms with Gasteiger partial charge in [0.25, 0.3) is 5.91 Å². The number of carbonyl (C=O) groups excluding carboxylic acids is 2. The van der Waals surface area contributed by atoms with Gasteiger partial charge in [-0.1, -0.05) is 23.7 Å². The summed E-state index contributed by atoms with van der Waals surface area (Å²) in [4.78, 5) is 24.6. The molecular weight excluding hydrogens is 386 g/mol. The highest BCUT2D eigenvalue weighted by molar-refractivity contribution is 6.32. The molecule has 7 nitrogen and oxygen atoms in total. The summed E-state index contributed by atoms with van der Waals surface area (Å²) in [5.41, 5.74) is 1.04. The third kappa shape index (κ3) is 5.29. The van der Waals surface area contributed by atoms with Gasteiger partial charge in [-0.25, -0.2) is 4.79 Å². The lowest BCUT2D eigenvalue weighted by molar-refractivity contribution is -0.129. The average Bonchev–Trinajstić information content (AvgIpc) is 2.71. The van der Waals surface area contributed by atoms with E-state index in [1.54, 1.807) is 19.2 Å². The van der Waals surface area contributed by atoms with Crippen LogP contribution in [0.2, 0.25) is 5.02 Å². The molecule has 0 radical (unpaired) electrons. The van der Waals surface area contributed by atoms with Crippen LogP contribution in [0.15, 0.2) is 36.4 Å². The Labute approximate surface area is 168 Å². The summed E-state index contributed by atoms with van der Waals surface area (Å²) in [5.74, 6) is 0.209. The minimum atomic E-state index is -0.988. The monoisotopic (exact) mass is 407 g/mol. The average molecular weight is 408 g/mol. The highest BCUT2D eigenvalue weighted by atomic mass is 35.5. The Balaban J connectivity index is 1.97. The number of benzene rings is 2. The molecule has 0 aromatic heterocycles. The van der Waals surface area contributed by atoms with Gasteiger partial charge in [0, 0.05) is 6.54 Å². The summed E-state index contributed by atoms with van der Waals surface area (Å²) in [6.07, 6.45) is -0.988. The summed E-state index contributed by atoms with van der Waals surface area (Å²) in [7, 11) is 4.45. The first kappa shape index (κ1) is 21.4. The highest BCUT2D eigenvalue weighted by Crippen LogP contribution is 2.36. The van der Waals surface area contributed by atoms with E-state index in [9.17, 15) is 9.59 Å². The van der Waals surface area contributed by atoms with Crippen LogP contribution in [0.4, 0.5) is 0 Å². The number of methoxy groups -OCH3 is 3. The Kier molecular flexibility index (Phi) is 7.52. The van der Waals surface area contributed by atoms with Gasteiger partial charge in [0.2, 0.25) is 0 Å². The van der Waals surface area contributed by atoms with Gasteiger partial charge in [-0.2, -0.15) is 0 Å². The Morgan fingerprint density at radius 2 is 1.71 bits per heavy atom. The molecule has 0 saturated heterocycles. The van der Waals surface area contributed by atoms with Crippen LogP contribution in [0.5, 0.6) is 17.2 Å². The summed E-state index contributed by atoms with van der Waals surface area (Å²) in [6, 6.07) is 10.1. The van der Waals surface area contributed by atoms with Crippen molar-refractivity contribution in [1.82, 2.24) is 5.32 Å². The summed E-state index contributed by atoms with van der Waals surface area (Å²) >= 11 is 6.09. The molecule has 8 heteroatoms. The molecule has 1 N–H and O–H groups in total. The van der Waals surface area contributed by atoms with Crippen LogP contribution in [0.1, 0.15) is 22.8 Å². The van der Waals surface area contributed by atoms with Crippen molar-refractivity contribution in [2.24, 2.45) is 0 Å². The SMILES string of the molecule is COc1ccc(CNC(=O)[C@H](C)OC(=O)c2cc(Cl)c(OC)c(OC)c2)cc1. The molecule has 0 bridgehead atoms. The Bertz CT molecular complexity index is 837. The topological polar surface area (TPSA) is 83.1 Å². The molecule has 0 heterocycles. The quantitative estimate of drug-likeness (QED) is 0.676. The third-order valence-electron chi connectivity index (χ3n) is 3.95. The predicted octanol–water partition coefficient (Wildman–Crippen LogP) is 3.23. The van der Waals surface area contributed by atoms with Crippen LogP contribution < -0.4 is 19.5 Å². The van der Waals surface area contributed by atoms with E-state index in [1.807, 2.05) is 12.1 Å². The number of hydrogen-bond acceptors (Lipinski definition) is 6. The van der Waals surface area contributed by atoms with Gasteiger partial charge in [-0.05, 0) is 36.8 Å². The second-order valence-corrected chi connectivity index (χ2v) is 6.21. The van der Waals surface area contributed by atoms with Gasteiger partial charge in [0.1, 0.15) is 5.75 Å². The number of ether oxygens (including phenoxy) is 4. The highest BCUT2D eigenvalue weighted by Gasteiger charge is 2.21. The Morgan fingerprint density at radius 3 is 2.29 bits per heavy atom. The van der Waals surface area contributed by atoms with Crippen LogP contribution in [0.25, 0.3) is 0 Å². The molecule has 2 rings (SSSR count). The molecule has 28 heavy (non-hydrogen) atoms. The molecule has 2 aromatic rings. The molecule has 1 amide bonds. The van der Waals surface area contributed by atoms with Crippen LogP contribution in [0, 0.1) is 0 Å². The molecule has 0 spiro atoms. The molecular formula is C20H22ClNO6. The van der Waals surface area contributed by atoms with Gasteiger partial charge in [-0.15, -0.1) is 0 Å². The summed E-state index contributed by atoms with van der Waals surface area (Å²) < 4.78 is 20.6. The van der Waals surface area contributed by atoms with E-state index in [-0.39, 0.29) is 10.6 Å². The maximum Gasteiger partial charge on any atom is 0.339 e. The molecule has 0 aliphatic heterocycles. The van der Waals surface area contributed by atoms with E-state index < -0.39 is 18.0 Å². The second kappa shape index (κ2) is 9.85. The van der Waals surface area contributed by atoms with Crippen molar-refractivity contribution in [3.8, 4) is 17.2 Å². The molecule has 0 unspecified atom stereocenters. The van der Waals surface area contributed by atoms with Crippen molar-refractivity contribution in [3.63, 3.8) is 0 Å². The largest absolute Gasteiger partial charge is 0.497 e. The van der Waals surface area contributed by atoms with Gasteiger partial charge in [0.15, 0.2) is 17.6 Å². The van der Waals surface area contributed by atoms with Crippen LogP contribution in [0.3, 0.4) is 0 Å². The van der Waals surface area contributed by atoms with Gasteiger partial charge >= 0.3 is 5.97 Å². The molecule has 150 valence electrons. The van der Waals surface area contributed by atoms with E-state index in [4.69, 9.17) is 30.5 Å². The Hall–Kier alpha value is -2.93. The van der Waals surface area contributed by atoms with Gasteiger partial charge in [-0.3, -0.25) is 4.79 Å². The summed E-state index contributed by atoms with van der Waals surface area (Å²) in [5, 5.41) is 2.92. The van der Waals surface area contributed by atoms with E-state index in [0.717, 1.165) is 11.3 Å². The van der Waals surface area contributed by atoms with E-state index in [2.05, 4.69) is 5.32 Å². The van der Waals surface area contributed by atoms with Crippen molar-refractivity contribution in [1.29, 1.82) is 0 Å². The van der Waals surface area contributed by atoms with Crippen molar-refractivity contribution >= 4 is 23.5 Å². The van der Waals surface area contributed by atoms with Crippen molar-refractivity contribution in [3.05, 3.63) is 52.5 Å². The molecule has 0 aliphatic carbocycles. The number of hydrogen-bond donors (Lipinski definition) is 1. The van der Waals surface area contributed by atoms with Crippen LogP contribution in [-0.4, -0.2) is 39.3 Å². The molecule has 2 aromatic carbocycles. The Morgan fingerprint density at radius 1 is 1.04 bits per heavy atom. The lowest BCUT2D eigenvalue weighted by atomic mass is 10.2. The first-order chi connectivity index (χ1) is 13.4. The number of halogens is 1. The van der Waals surface area contributed by atoms with Crippen LogP contribution in [-0.2, 0) is 16.1 Å². The lowest BCUT2D eigenvalue weighted by Crippen LogP contribution is -2.35. The first-order valence-corrected chi connectivity index (χ1v) is 8.80. The standard InChI is InChI=1S/C20H22ClNO6/c1-12(19(23)22-11-13-5-7-15(25-2)8-6-13)28-20(24)14-9-16(21)18(27-4)17(10-14)26-3/h5-10,12H,11H2,1-4H3,(H,22,23)/t12-/m0/s1. The van der Waals surface area contributed by atoms with Crippen molar-refractivity contribution in [2.45, 2.75) is 19.6 Å².